The molecule has 0 atom stereocenters. The van der Waals surface area contributed by atoms with Crippen LogP contribution >= 0.6 is 0 Å². The summed E-state index contributed by atoms with van der Waals surface area (Å²) in [6.07, 6.45) is 5.28. The van der Waals surface area contributed by atoms with Gasteiger partial charge in [0.2, 0.25) is 0 Å². The number of rotatable bonds is 6. The van der Waals surface area contributed by atoms with Gasteiger partial charge in [-0.15, -0.1) is 5.10 Å². The topological polar surface area (TPSA) is 89.6 Å². The molecule has 3 aromatic heterocycles. The van der Waals surface area contributed by atoms with Crippen molar-refractivity contribution in [3.8, 4) is 5.75 Å². The van der Waals surface area contributed by atoms with Crippen molar-refractivity contribution >= 4 is 11.4 Å². The predicted octanol–water partition coefficient (Wildman–Crippen LogP) is 1.58. The van der Waals surface area contributed by atoms with Crippen molar-refractivity contribution in [1.82, 2.24) is 19.6 Å². The van der Waals surface area contributed by atoms with E-state index < -0.39 is 0 Å². The molecule has 1 aliphatic rings. The molecule has 0 bridgehead atoms. The summed E-state index contributed by atoms with van der Waals surface area (Å²) in [7, 11) is 1.56. The molecule has 0 amide bonds. The summed E-state index contributed by atoms with van der Waals surface area (Å²) in [4.78, 5) is 21.3. The van der Waals surface area contributed by atoms with Crippen molar-refractivity contribution in [2.45, 2.75) is 24.7 Å². The van der Waals surface area contributed by atoms with E-state index in [2.05, 4.69) is 15.1 Å². The zero-order valence-corrected chi connectivity index (χ0v) is 13.8. The quantitative estimate of drug-likeness (QED) is 0.687. The minimum Gasteiger partial charge on any atom is -0.493 e. The van der Waals surface area contributed by atoms with E-state index in [4.69, 9.17) is 4.74 Å². The monoisotopic (exact) mass is 338 g/mol. The number of aromatic nitrogens is 4. The number of hydrogen-bond acceptors (Lipinski definition) is 6. The maximum Gasteiger partial charge on any atom is 0.198 e. The summed E-state index contributed by atoms with van der Waals surface area (Å²) < 4.78 is 6.89. The Morgan fingerprint density at radius 1 is 1.28 bits per heavy atom. The lowest BCUT2D eigenvalue weighted by molar-refractivity contribution is 0.0985. The first-order chi connectivity index (χ1) is 12.2. The Hall–Kier alpha value is -2.80. The maximum atomic E-state index is 12.8. The number of aliphatic hydroxyl groups is 1. The van der Waals surface area contributed by atoms with Crippen LogP contribution in [0.1, 0.15) is 34.7 Å². The van der Waals surface area contributed by atoms with Crippen molar-refractivity contribution in [2.24, 2.45) is 0 Å². The third kappa shape index (κ3) is 2.66. The lowest BCUT2D eigenvalue weighted by Crippen LogP contribution is -2.15. The number of Topliss-reactive ketones (excluding diaryl/α,β-unsaturated/α-hetero) is 1. The predicted molar refractivity (Wildman–Crippen MR) is 89.8 cm³/mol. The average molecular weight is 338 g/mol. The second-order valence-corrected chi connectivity index (χ2v) is 6.35. The normalized spacial score (nSPS) is 15.3. The number of ether oxygens (including phenoxy) is 1. The van der Waals surface area contributed by atoms with E-state index in [0.717, 1.165) is 18.4 Å². The summed E-state index contributed by atoms with van der Waals surface area (Å²) in [5.74, 6) is 1.05. The van der Waals surface area contributed by atoms with Crippen LogP contribution in [0.25, 0.3) is 5.65 Å². The van der Waals surface area contributed by atoms with Crippen molar-refractivity contribution < 1.29 is 14.6 Å². The van der Waals surface area contributed by atoms with Crippen LogP contribution in [-0.2, 0) is 11.8 Å². The average Bonchev–Trinajstić information content (AvgIpc) is 3.32. The first-order valence-electron chi connectivity index (χ1n) is 8.14. The van der Waals surface area contributed by atoms with Crippen LogP contribution in [0.15, 0.2) is 36.7 Å². The number of methoxy groups -OCH3 is 1. The lowest BCUT2D eigenvalue weighted by atomic mass is 10.1. The standard InChI is InChI=1S/C18H18N4O3/c1-25-15-3-2-13(14(24)10-12-4-8-19-9-5-12)22-16(15)20-17(21-22)18(11-23)6-7-18/h2-5,8-9,23H,6-7,10-11H2,1H3. The molecule has 1 saturated carbocycles. The fraction of sp³-hybridized carbons (Fsp3) is 0.333. The van der Waals surface area contributed by atoms with Gasteiger partial charge in [-0.1, -0.05) is 0 Å². The Morgan fingerprint density at radius 2 is 2.04 bits per heavy atom. The molecule has 0 radical (unpaired) electrons. The van der Waals surface area contributed by atoms with Gasteiger partial charge in [0.05, 0.1) is 19.1 Å². The fourth-order valence-corrected chi connectivity index (χ4v) is 2.91. The molecule has 3 heterocycles. The summed E-state index contributed by atoms with van der Waals surface area (Å²) in [5, 5.41) is 14.2. The van der Waals surface area contributed by atoms with Gasteiger partial charge in [0, 0.05) is 18.8 Å². The van der Waals surface area contributed by atoms with Crippen molar-refractivity contribution in [2.75, 3.05) is 13.7 Å². The number of pyridine rings is 2. The van der Waals surface area contributed by atoms with Gasteiger partial charge in [-0.05, 0) is 42.7 Å². The van der Waals surface area contributed by atoms with Crippen molar-refractivity contribution in [1.29, 1.82) is 0 Å². The molecule has 0 unspecified atom stereocenters. The second-order valence-electron chi connectivity index (χ2n) is 6.35. The van der Waals surface area contributed by atoms with Crippen LogP contribution in [0.5, 0.6) is 5.75 Å². The van der Waals surface area contributed by atoms with Gasteiger partial charge in [-0.3, -0.25) is 9.78 Å². The number of aliphatic hydroxyl groups excluding tert-OH is 1. The fourth-order valence-electron chi connectivity index (χ4n) is 2.91. The summed E-state index contributed by atoms with van der Waals surface area (Å²) >= 11 is 0. The van der Waals surface area contributed by atoms with Crippen LogP contribution < -0.4 is 4.74 Å². The maximum absolute atomic E-state index is 12.8. The largest absolute Gasteiger partial charge is 0.493 e. The number of ketones is 1. The smallest absolute Gasteiger partial charge is 0.198 e. The van der Waals surface area contributed by atoms with E-state index in [1.54, 1.807) is 31.6 Å². The molecule has 0 spiro atoms. The van der Waals surface area contributed by atoms with Gasteiger partial charge in [0.15, 0.2) is 23.0 Å². The van der Waals surface area contributed by atoms with Crippen molar-refractivity contribution in [3.63, 3.8) is 0 Å². The number of carbonyl (C=O) groups excluding carboxylic acids is 1. The molecule has 3 aromatic rings. The third-order valence-corrected chi connectivity index (χ3v) is 4.70. The Bertz CT molecular complexity index is 932. The first kappa shape index (κ1) is 15.7. The number of nitrogens with zero attached hydrogens (tertiary/aromatic N) is 4. The molecule has 0 aromatic carbocycles. The van der Waals surface area contributed by atoms with E-state index in [1.807, 2.05) is 12.1 Å². The van der Waals surface area contributed by atoms with Gasteiger partial charge in [-0.2, -0.15) is 0 Å². The number of carbonyl (C=O) groups is 1. The molecule has 7 nitrogen and oxygen atoms in total. The highest BCUT2D eigenvalue weighted by atomic mass is 16.5. The zero-order chi connectivity index (χ0) is 17.4. The van der Waals surface area contributed by atoms with E-state index in [1.165, 1.54) is 4.52 Å². The molecule has 1 fully saturated rings. The number of fused-ring (bicyclic) bond motifs is 1. The first-order valence-corrected chi connectivity index (χ1v) is 8.14. The molecule has 0 saturated heterocycles. The van der Waals surface area contributed by atoms with E-state index in [-0.39, 0.29) is 24.2 Å². The van der Waals surface area contributed by atoms with Gasteiger partial charge >= 0.3 is 0 Å². The van der Waals surface area contributed by atoms with E-state index in [0.29, 0.717) is 22.9 Å². The van der Waals surface area contributed by atoms with Gasteiger partial charge < -0.3 is 9.84 Å². The highest BCUT2D eigenvalue weighted by Crippen LogP contribution is 2.46. The van der Waals surface area contributed by atoms with Gasteiger partial charge in [0.25, 0.3) is 0 Å². The summed E-state index contributed by atoms with van der Waals surface area (Å²) in [5.41, 5.74) is 1.46. The summed E-state index contributed by atoms with van der Waals surface area (Å²) in [6, 6.07) is 7.06. The minimum absolute atomic E-state index is 0.00644. The highest BCUT2D eigenvalue weighted by molar-refractivity contribution is 5.96. The zero-order valence-electron chi connectivity index (χ0n) is 13.8. The Kier molecular flexibility index (Phi) is 3.73. The Labute approximate surface area is 144 Å². The number of hydrogen-bond donors (Lipinski definition) is 1. The lowest BCUT2D eigenvalue weighted by Gasteiger charge is -2.06. The molecule has 25 heavy (non-hydrogen) atoms. The van der Waals surface area contributed by atoms with Crippen LogP contribution in [0, 0.1) is 0 Å². The van der Waals surface area contributed by atoms with E-state index in [9.17, 15) is 9.90 Å². The van der Waals surface area contributed by atoms with Crippen LogP contribution in [0.2, 0.25) is 0 Å². The SMILES string of the molecule is COc1ccc(C(=O)Cc2ccncc2)n2nc(C3(CO)CC3)nc12. The van der Waals surface area contributed by atoms with Crippen LogP contribution in [0.4, 0.5) is 0 Å². The second kappa shape index (κ2) is 5.93. The highest BCUT2D eigenvalue weighted by Gasteiger charge is 2.47. The third-order valence-electron chi connectivity index (χ3n) is 4.70. The summed E-state index contributed by atoms with van der Waals surface area (Å²) in [6.45, 7) is 0.00644. The molecule has 0 aliphatic heterocycles. The molecule has 128 valence electrons. The van der Waals surface area contributed by atoms with Gasteiger partial charge in [-0.25, -0.2) is 9.50 Å². The molecular weight excluding hydrogens is 320 g/mol. The minimum atomic E-state index is -0.373. The van der Waals surface area contributed by atoms with Gasteiger partial charge in [0.1, 0.15) is 5.69 Å². The molecule has 7 heteroatoms. The van der Waals surface area contributed by atoms with E-state index >= 15 is 0 Å². The molecule has 1 aliphatic carbocycles. The Balaban J connectivity index is 1.77. The van der Waals surface area contributed by atoms with Crippen LogP contribution in [0.3, 0.4) is 0 Å². The van der Waals surface area contributed by atoms with Crippen molar-refractivity contribution in [3.05, 3.63) is 53.7 Å². The molecule has 1 N–H and O–H groups in total. The van der Waals surface area contributed by atoms with Crippen LogP contribution in [-0.4, -0.2) is 44.2 Å². The Morgan fingerprint density at radius 3 is 2.68 bits per heavy atom. The molecular formula is C18H18N4O3. The molecule has 4 rings (SSSR count).